The van der Waals surface area contributed by atoms with Crippen LogP contribution in [0, 0.1) is 6.85 Å². The van der Waals surface area contributed by atoms with Crippen LogP contribution in [-0.2, 0) is 7.05 Å². The summed E-state index contributed by atoms with van der Waals surface area (Å²) in [7, 11) is 1.87. The van der Waals surface area contributed by atoms with Crippen LogP contribution in [0.3, 0.4) is 0 Å². The summed E-state index contributed by atoms with van der Waals surface area (Å²) >= 11 is 0. The standard InChI is InChI=1S/C23H21BN3O/c1-16-14-26(3)22(12-19(16)17-8-5-4-6-9-17)27-15-21-20(13-24(27)2)18-10-7-11-25-23(18)28-21/h4-15H,1-3H3/q+1/i1D3. The first kappa shape index (κ1) is 13.8. The second kappa shape index (κ2) is 6.38. The number of hydrogen-bond acceptors (Lipinski definition) is 3. The predicted octanol–water partition coefficient (Wildman–Crippen LogP) is 2.83. The quantitative estimate of drug-likeness (QED) is 0.403. The average molecular weight is 369 g/mol. The van der Waals surface area contributed by atoms with E-state index in [2.05, 4.69) is 22.6 Å². The predicted molar refractivity (Wildman–Crippen MR) is 114 cm³/mol. The monoisotopic (exact) mass is 369 g/mol. The summed E-state index contributed by atoms with van der Waals surface area (Å²) in [6, 6.07) is 15.5. The van der Waals surface area contributed by atoms with Gasteiger partial charge < -0.3 is 4.42 Å². The third kappa shape index (κ3) is 2.62. The van der Waals surface area contributed by atoms with Gasteiger partial charge in [-0.25, -0.2) is 9.55 Å². The lowest BCUT2D eigenvalue weighted by molar-refractivity contribution is -0.658. The topological polar surface area (TPSA) is 33.2 Å². The molecule has 28 heavy (non-hydrogen) atoms. The maximum atomic E-state index is 8.04. The van der Waals surface area contributed by atoms with Crippen molar-refractivity contribution in [3.05, 3.63) is 77.1 Å². The molecule has 4 nitrogen and oxygen atoms in total. The molecule has 0 bridgehead atoms. The van der Waals surface area contributed by atoms with Crippen molar-refractivity contribution in [1.82, 2.24) is 4.98 Å². The second-order valence-corrected chi connectivity index (χ2v) is 7.12. The molecule has 0 saturated heterocycles. The van der Waals surface area contributed by atoms with E-state index in [0.717, 1.165) is 27.4 Å². The van der Waals surface area contributed by atoms with Crippen molar-refractivity contribution in [2.75, 3.05) is 4.81 Å². The van der Waals surface area contributed by atoms with E-state index in [1.807, 2.05) is 66.3 Å². The van der Waals surface area contributed by atoms with Crippen molar-refractivity contribution in [2.24, 2.45) is 7.05 Å². The summed E-state index contributed by atoms with van der Waals surface area (Å²) in [5.41, 5.74) is 3.26. The summed E-state index contributed by atoms with van der Waals surface area (Å²) < 4.78 is 32.0. The Bertz CT molecular complexity index is 1410. The molecule has 1 aliphatic rings. The van der Waals surface area contributed by atoms with Crippen molar-refractivity contribution in [2.45, 2.75) is 13.7 Å². The molecule has 0 amide bonds. The Morgan fingerprint density at radius 3 is 2.86 bits per heavy atom. The van der Waals surface area contributed by atoms with Gasteiger partial charge in [-0.2, -0.15) is 0 Å². The maximum absolute atomic E-state index is 8.04. The summed E-state index contributed by atoms with van der Waals surface area (Å²) in [6.45, 7) is -0.0707. The van der Waals surface area contributed by atoms with Crippen molar-refractivity contribution in [1.29, 1.82) is 0 Å². The summed E-state index contributed by atoms with van der Waals surface area (Å²) in [4.78, 5) is 6.42. The number of benzene rings is 1. The van der Waals surface area contributed by atoms with Crippen LogP contribution in [0.15, 0.2) is 65.3 Å². The molecule has 0 fully saturated rings. The lowest BCUT2D eigenvalue weighted by Crippen LogP contribution is -2.47. The minimum Gasteiger partial charge on any atom is -0.434 e. The number of pyridine rings is 2. The SMILES string of the molecule is [2H]C([2H])([2H])c1c[n+](C)c(N2C=c3oc4ncccc4c3=CB2C)cc1-c1ccccc1. The molecule has 0 atom stereocenters. The van der Waals surface area contributed by atoms with E-state index < -0.39 is 6.85 Å². The van der Waals surface area contributed by atoms with Gasteiger partial charge in [0.25, 0.3) is 5.82 Å². The maximum Gasteiger partial charge on any atom is 0.402 e. The van der Waals surface area contributed by atoms with Crippen LogP contribution in [0.1, 0.15) is 9.68 Å². The van der Waals surface area contributed by atoms with Gasteiger partial charge in [-0.15, -0.1) is 0 Å². The molecule has 3 aromatic heterocycles. The molecule has 1 aliphatic heterocycles. The summed E-state index contributed by atoms with van der Waals surface area (Å²) in [5.74, 6) is 3.03. The lowest BCUT2D eigenvalue weighted by atomic mass is 9.61. The van der Waals surface area contributed by atoms with Gasteiger partial charge in [0, 0.05) is 27.0 Å². The van der Waals surface area contributed by atoms with E-state index in [1.54, 1.807) is 12.4 Å². The fraction of sp³-hybridized carbons (Fsp3) is 0.130. The Morgan fingerprint density at radius 1 is 1.18 bits per heavy atom. The van der Waals surface area contributed by atoms with E-state index in [-0.39, 0.29) is 6.85 Å². The highest BCUT2D eigenvalue weighted by Crippen LogP contribution is 2.26. The fourth-order valence-corrected chi connectivity index (χ4v) is 3.83. The van der Waals surface area contributed by atoms with Gasteiger partial charge >= 0.3 is 6.85 Å². The Kier molecular flexibility index (Phi) is 3.14. The Balaban J connectivity index is 1.72. The van der Waals surface area contributed by atoms with E-state index in [1.165, 1.54) is 0 Å². The number of anilines is 1. The molecule has 136 valence electrons. The molecule has 1 aromatic carbocycles. The zero-order valence-electron chi connectivity index (χ0n) is 18.8. The molecular formula is C23H21BN3O+. The average Bonchev–Trinajstić information content (AvgIpc) is 3.10. The molecule has 0 saturated carbocycles. The van der Waals surface area contributed by atoms with Gasteiger partial charge in [0.2, 0.25) is 5.71 Å². The molecule has 4 heterocycles. The van der Waals surface area contributed by atoms with Gasteiger partial charge in [-0.05, 0) is 42.5 Å². The Labute approximate surface area is 168 Å². The van der Waals surface area contributed by atoms with Crippen LogP contribution in [0.5, 0.6) is 0 Å². The van der Waals surface area contributed by atoms with Crippen LogP contribution in [0.2, 0.25) is 6.82 Å². The first-order valence-corrected chi connectivity index (χ1v) is 9.28. The van der Waals surface area contributed by atoms with Gasteiger partial charge in [-0.1, -0.05) is 36.3 Å². The normalized spacial score (nSPS) is 15.3. The van der Waals surface area contributed by atoms with Crippen LogP contribution in [0.25, 0.3) is 34.4 Å². The van der Waals surface area contributed by atoms with E-state index in [9.17, 15) is 0 Å². The highest BCUT2D eigenvalue weighted by Gasteiger charge is 2.30. The number of rotatable bonds is 2. The third-order valence-electron chi connectivity index (χ3n) is 5.23. The molecule has 0 spiro atoms. The number of furan rings is 1. The first-order valence-electron chi connectivity index (χ1n) is 10.8. The summed E-state index contributed by atoms with van der Waals surface area (Å²) in [6.07, 6.45) is 5.40. The Morgan fingerprint density at radius 2 is 2.04 bits per heavy atom. The smallest absolute Gasteiger partial charge is 0.402 e. The number of aromatic nitrogens is 2. The number of hydrogen-bond donors (Lipinski definition) is 0. The molecule has 5 heteroatoms. The highest BCUT2D eigenvalue weighted by atomic mass is 16.3. The molecule has 4 aromatic rings. The van der Waals surface area contributed by atoms with Crippen LogP contribution in [0.4, 0.5) is 5.82 Å². The number of aryl methyl sites for hydroxylation is 2. The van der Waals surface area contributed by atoms with Crippen LogP contribution >= 0.6 is 0 Å². The van der Waals surface area contributed by atoms with Gasteiger partial charge in [-0.3, -0.25) is 4.81 Å². The molecule has 5 rings (SSSR count). The molecule has 0 unspecified atom stereocenters. The lowest BCUT2D eigenvalue weighted by Gasteiger charge is -2.20. The van der Waals surface area contributed by atoms with Crippen molar-refractivity contribution in [3.63, 3.8) is 0 Å². The number of fused-ring (bicyclic) bond motifs is 3. The van der Waals surface area contributed by atoms with Crippen molar-refractivity contribution in [3.8, 4) is 11.1 Å². The van der Waals surface area contributed by atoms with E-state index in [4.69, 9.17) is 8.53 Å². The van der Waals surface area contributed by atoms with Gasteiger partial charge in [0.15, 0.2) is 5.42 Å². The Hall–Kier alpha value is -3.34. The molecule has 0 N–H and O–H groups in total. The zero-order valence-corrected chi connectivity index (χ0v) is 15.8. The van der Waals surface area contributed by atoms with Gasteiger partial charge in [0.05, 0.1) is 13.2 Å². The first-order chi connectivity index (χ1) is 14.8. The van der Waals surface area contributed by atoms with E-state index in [0.29, 0.717) is 16.8 Å². The summed E-state index contributed by atoms with van der Waals surface area (Å²) in [5, 5.41) is 2.03. The van der Waals surface area contributed by atoms with Crippen molar-refractivity contribution >= 4 is 35.9 Å². The minimum atomic E-state index is -2.22. The molecule has 0 aliphatic carbocycles. The highest BCUT2D eigenvalue weighted by molar-refractivity contribution is 6.77. The molecular weight excluding hydrogens is 345 g/mol. The molecule has 0 radical (unpaired) electrons. The van der Waals surface area contributed by atoms with Crippen molar-refractivity contribution < 1.29 is 13.1 Å². The van der Waals surface area contributed by atoms with Crippen LogP contribution in [-0.4, -0.2) is 11.8 Å². The minimum absolute atomic E-state index is 0.0435. The van der Waals surface area contributed by atoms with Gasteiger partial charge in [0.1, 0.15) is 6.20 Å². The third-order valence-corrected chi connectivity index (χ3v) is 5.23. The largest absolute Gasteiger partial charge is 0.434 e. The fourth-order valence-electron chi connectivity index (χ4n) is 3.83. The zero-order chi connectivity index (χ0) is 21.8. The van der Waals surface area contributed by atoms with Crippen LogP contribution < -0.4 is 20.0 Å². The number of nitrogens with zero attached hydrogens (tertiary/aromatic N) is 3. The second-order valence-electron chi connectivity index (χ2n) is 7.12. The van der Waals surface area contributed by atoms with E-state index >= 15 is 0 Å².